The molecule has 0 nitrogen and oxygen atoms in total. The molecule has 0 aromatic carbocycles. The van der Waals surface area contributed by atoms with Crippen LogP contribution in [0, 0.1) is 5.92 Å². The summed E-state index contributed by atoms with van der Waals surface area (Å²) in [6.45, 7) is 17.1. The molecule has 0 bridgehead atoms. The molecule has 0 aromatic rings. The van der Waals surface area contributed by atoms with Gasteiger partial charge in [-0.2, -0.15) is 0 Å². The smallest absolute Gasteiger partial charge is 0.00808 e. The Morgan fingerprint density at radius 2 is 1.00 bits per heavy atom. The van der Waals surface area contributed by atoms with Gasteiger partial charge < -0.3 is 0 Å². The topological polar surface area (TPSA) is 0 Å². The third-order valence-corrected chi connectivity index (χ3v) is 2.77. The van der Waals surface area contributed by atoms with Gasteiger partial charge in [0.15, 0.2) is 0 Å². The molecule has 0 aliphatic rings. The fraction of sp³-hybridized carbons (Fsp3) is 0.500. The van der Waals surface area contributed by atoms with Crippen LogP contribution in [0.4, 0.5) is 0 Å². The molecule has 0 unspecified atom stereocenters. The number of hydrogen-bond donors (Lipinski definition) is 0. The molecule has 0 aromatic heterocycles. The van der Waals surface area contributed by atoms with E-state index in [1.807, 2.05) is 0 Å². The van der Waals surface area contributed by atoms with Crippen molar-refractivity contribution in [2.24, 2.45) is 0 Å². The summed E-state index contributed by atoms with van der Waals surface area (Å²) >= 11 is 0. The Morgan fingerprint density at radius 1 is 0.667 bits per heavy atom. The van der Waals surface area contributed by atoms with Gasteiger partial charge in [-0.1, -0.05) is 47.1 Å². The van der Waals surface area contributed by atoms with Gasteiger partial charge in [-0.25, -0.2) is 0 Å². The summed E-state index contributed by atoms with van der Waals surface area (Å²) in [5, 5.41) is 0. The van der Waals surface area contributed by atoms with Gasteiger partial charge in [-0.05, 0) is 60.8 Å². The van der Waals surface area contributed by atoms with E-state index < -0.39 is 0 Å². The van der Waals surface area contributed by atoms with E-state index >= 15 is 0 Å². The highest BCUT2D eigenvalue weighted by molar-refractivity contribution is 5.28. The minimum absolute atomic E-state index is 0.977. The van der Waals surface area contributed by atoms with Crippen molar-refractivity contribution in [3.05, 3.63) is 53.0 Å². The number of hydrogen-bond acceptors (Lipinski definition) is 0. The van der Waals surface area contributed by atoms with E-state index in [-0.39, 0.29) is 0 Å². The van der Waals surface area contributed by atoms with Gasteiger partial charge in [-0.3, -0.25) is 0 Å². The lowest BCUT2D eigenvalue weighted by Crippen LogP contribution is -1.99. The van der Waals surface area contributed by atoms with Crippen molar-refractivity contribution < 1.29 is 0 Å². The zero-order chi connectivity index (χ0) is 14.1. The molecular weight excluding hydrogens is 216 g/mol. The summed E-state index contributed by atoms with van der Waals surface area (Å²) in [6.07, 6.45) is 9.88. The van der Waals surface area contributed by atoms with Crippen molar-refractivity contribution in [2.45, 2.75) is 60.8 Å². The number of rotatable bonds is 7. The first kappa shape index (κ1) is 17.0. The Morgan fingerprint density at radius 3 is 1.33 bits per heavy atom. The quantitative estimate of drug-likeness (QED) is 0.469. The van der Waals surface area contributed by atoms with E-state index in [2.05, 4.69) is 66.3 Å². The van der Waals surface area contributed by atoms with E-state index in [1.165, 1.54) is 28.2 Å². The monoisotopic (exact) mass is 245 g/mol. The molecule has 0 rings (SSSR count). The van der Waals surface area contributed by atoms with Gasteiger partial charge >= 0.3 is 0 Å². The van der Waals surface area contributed by atoms with Crippen LogP contribution in [0.2, 0.25) is 0 Å². The van der Waals surface area contributed by atoms with Crippen LogP contribution in [0.3, 0.4) is 0 Å². The summed E-state index contributed by atoms with van der Waals surface area (Å²) in [6, 6.07) is 0. The average molecular weight is 245 g/mol. The average Bonchev–Trinajstić information content (AvgIpc) is 2.25. The fourth-order valence-electron chi connectivity index (χ4n) is 1.50. The van der Waals surface area contributed by atoms with Crippen molar-refractivity contribution in [3.63, 3.8) is 0 Å². The summed E-state index contributed by atoms with van der Waals surface area (Å²) in [4.78, 5) is 0. The first-order valence-electron chi connectivity index (χ1n) is 6.75. The molecule has 18 heavy (non-hydrogen) atoms. The highest BCUT2D eigenvalue weighted by atomic mass is 14.1. The van der Waals surface area contributed by atoms with Crippen LogP contribution in [0.1, 0.15) is 60.8 Å². The largest absolute Gasteiger partial charge is 0.0989 e. The van der Waals surface area contributed by atoms with E-state index in [9.17, 15) is 0 Å². The summed E-state index contributed by atoms with van der Waals surface area (Å²) in [7, 11) is 0. The maximum atomic E-state index is 4.24. The minimum Gasteiger partial charge on any atom is -0.0989 e. The van der Waals surface area contributed by atoms with Crippen LogP contribution < -0.4 is 0 Å². The molecule has 0 saturated carbocycles. The Bertz CT molecular complexity index is 318. The van der Waals surface area contributed by atoms with Crippen LogP contribution in [-0.4, -0.2) is 0 Å². The molecule has 0 saturated heterocycles. The zero-order valence-corrected chi connectivity index (χ0v) is 13.1. The Kier molecular flexibility index (Phi) is 8.45. The predicted octanol–water partition coefficient (Wildman–Crippen LogP) is 6.19. The lowest BCUT2D eigenvalue weighted by atomic mass is 9.89. The second-order valence-corrected chi connectivity index (χ2v) is 5.66. The fourth-order valence-corrected chi connectivity index (χ4v) is 1.50. The summed E-state index contributed by atoms with van der Waals surface area (Å²) in [5.74, 6) is 1.45. The predicted molar refractivity (Wildman–Crippen MR) is 84.5 cm³/mol. The van der Waals surface area contributed by atoms with Crippen LogP contribution in [0.25, 0.3) is 0 Å². The normalized spacial score (nSPS) is 9.94. The van der Waals surface area contributed by atoms with Crippen molar-refractivity contribution in [3.8, 4) is 0 Å². The third kappa shape index (κ3) is 9.04. The molecular formula is C18H29. The van der Waals surface area contributed by atoms with Crippen LogP contribution in [0.15, 0.2) is 47.1 Å². The maximum absolute atomic E-state index is 4.24. The summed E-state index contributed by atoms with van der Waals surface area (Å²) < 4.78 is 0. The maximum Gasteiger partial charge on any atom is 0.00808 e. The van der Waals surface area contributed by atoms with Crippen LogP contribution in [0.5, 0.6) is 0 Å². The Labute approximate surface area is 114 Å². The second-order valence-electron chi connectivity index (χ2n) is 5.66. The summed E-state index contributed by atoms with van der Waals surface area (Å²) in [5.41, 5.74) is 5.38. The molecule has 0 spiro atoms. The van der Waals surface area contributed by atoms with Gasteiger partial charge in [0.05, 0.1) is 0 Å². The SMILES string of the molecule is C=C(CC=C(C)C)[C](CC=C(C)C)CC=C(C)C. The van der Waals surface area contributed by atoms with E-state index in [0.717, 1.165) is 19.3 Å². The molecule has 0 aliphatic heterocycles. The van der Waals surface area contributed by atoms with Crippen molar-refractivity contribution in [1.29, 1.82) is 0 Å². The number of allylic oxidation sites excluding steroid dienone is 7. The highest BCUT2D eigenvalue weighted by Gasteiger charge is 2.10. The minimum atomic E-state index is 0.977. The van der Waals surface area contributed by atoms with Gasteiger partial charge in [0.1, 0.15) is 0 Å². The second kappa shape index (κ2) is 8.97. The molecule has 1 radical (unpaired) electrons. The van der Waals surface area contributed by atoms with E-state index in [1.54, 1.807) is 0 Å². The first-order chi connectivity index (χ1) is 8.32. The molecule has 0 aliphatic carbocycles. The van der Waals surface area contributed by atoms with Gasteiger partial charge in [-0.15, -0.1) is 0 Å². The van der Waals surface area contributed by atoms with Crippen molar-refractivity contribution >= 4 is 0 Å². The third-order valence-electron chi connectivity index (χ3n) is 2.77. The van der Waals surface area contributed by atoms with Crippen molar-refractivity contribution in [2.75, 3.05) is 0 Å². The van der Waals surface area contributed by atoms with Crippen LogP contribution >= 0.6 is 0 Å². The molecule has 0 N–H and O–H groups in total. The Hall–Kier alpha value is -1.04. The van der Waals surface area contributed by atoms with Crippen molar-refractivity contribution in [1.82, 2.24) is 0 Å². The molecule has 0 amide bonds. The molecule has 0 atom stereocenters. The van der Waals surface area contributed by atoms with Gasteiger partial charge in [0.2, 0.25) is 0 Å². The lowest BCUT2D eigenvalue weighted by molar-refractivity contribution is 0.894. The molecule has 0 heterocycles. The lowest BCUT2D eigenvalue weighted by Gasteiger charge is -2.15. The van der Waals surface area contributed by atoms with Crippen LogP contribution in [-0.2, 0) is 0 Å². The van der Waals surface area contributed by atoms with Gasteiger partial charge in [0, 0.05) is 5.92 Å². The standard InChI is InChI=1S/C18H29/c1-14(2)8-11-17(7)18(12-9-15(3)4)13-10-16(5)6/h8-10H,7,11-13H2,1-6H3. The Balaban J connectivity index is 4.63. The molecule has 0 heteroatoms. The van der Waals surface area contributed by atoms with E-state index in [0.29, 0.717) is 0 Å². The molecule has 0 fully saturated rings. The first-order valence-corrected chi connectivity index (χ1v) is 6.75. The van der Waals surface area contributed by atoms with Gasteiger partial charge in [0.25, 0.3) is 0 Å². The van der Waals surface area contributed by atoms with E-state index in [4.69, 9.17) is 0 Å². The highest BCUT2D eigenvalue weighted by Crippen LogP contribution is 2.26. The zero-order valence-electron chi connectivity index (χ0n) is 13.1. The molecule has 101 valence electrons.